The molecule has 0 saturated carbocycles. The highest BCUT2D eigenvalue weighted by molar-refractivity contribution is 6.04. The van der Waals surface area contributed by atoms with Crippen LogP contribution >= 0.6 is 0 Å². The highest BCUT2D eigenvalue weighted by atomic mass is 16.5. The minimum atomic E-state index is -0.176. The Morgan fingerprint density at radius 1 is 1.17 bits per heavy atom. The molecule has 5 heteroatoms. The Bertz CT molecular complexity index is 953. The topological polar surface area (TPSA) is 51.1 Å². The van der Waals surface area contributed by atoms with Crippen molar-refractivity contribution in [1.29, 1.82) is 0 Å². The molecule has 1 amide bonds. The Labute approximate surface area is 178 Å². The predicted octanol–water partition coefficient (Wildman–Crippen LogP) is 4.86. The van der Waals surface area contributed by atoms with Crippen LogP contribution in [-0.4, -0.2) is 36.9 Å². The quantitative estimate of drug-likeness (QED) is 0.660. The summed E-state index contributed by atoms with van der Waals surface area (Å²) >= 11 is 0. The van der Waals surface area contributed by atoms with E-state index in [1.165, 1.54) is 24.0 Å². The molecule has 0 aromatic heterocycles. The monoisotopic (exact) mass is 406 g/mol. The second-order valence-electron chi connectivity index (χ2n) is 8.29. The van der Waals surface area contributed by atoms with Gasteiger partial charge in [-0.3, -0.25) is 9.79 Å². The largest absolute Gasteiger partial charge is 0.493 e. The fraction of sp³-hybridized carbons (Fsp3) is 0.440. The lowest BCUT2D eigenvalue weighted by Crippen LogP contribution is -2.42. The Balaban J connectivity index is 1.59. The second kappa shape index (κ2) is 8.90. The maximum Gasteiger partial charge on any atom is 0.256 e. The summed E-state index contributed by atoms with van der Waals surface area (Å²) in [5, 5.41) is 0. The van der Waals surface area contributed by atoms with Crippen molar-refractivity contribution in [2.24, 2.45) is 10.9 Å². The van der Waals surface area contributed by atoms with E-state index in [-0.39, 0.29) is 12.1 Å². The SMILES string of the molecule is CCCC(C)CCOc1cc2c(cc1OC)C(=O)N1Cc3ccccc3C[C@H]1N=C2. The number of rotatable bonds is 7. The number of carbonyl (C=O) groups excluding carboxylic acids is 1. The van der Waals surface area contributed by atoms with Gasteiger partial charge in [-0.15, -0.1) is 0 Å². The molecule has 2 aliphatic heterocycles. The molecule has 30 heavy (non-hydrogen) atoms. The van der Waals surface area contributed by atoms with E-state index < -0.39 is 0 Å². The first-order chi connectivity index (χ1) is 14.6. The number of methoxy groups -OCH3 is 1. The zero-order chi connectivity index (χ0) is 21.1. The van der Waals surface area contributed by atoms with Gasteiger partial charge in [-0.25, -0.2) is 0 Å². The number of amides is 1. The minimum absolute atomic E-state index is 0.0107. The Hall–Kier alpha value is -2.82. The van der Waals surface area contributed by atoms with E-state index in [2.05, 4.69) is 26.0 Å². The highest BCUT2D eigenvalue weighted by Gasteiger charge is 2.33. The zero-order valence-corrected chi connectivity index (χ0v) is 18.1. The summed E-state index contributed by atoms with van der Waals surface area (Å²) < 4.78 is 11.6. The molecule has 158 valence electrons. The Morgan fingerprint density at radius 3 is 2.73 bits per heavy atom. The summed E-state index contributed by atoms with van der Waals surface area (Å²) in [6.07, 6.45) is 5.76. The molecule has 0 saturated heterocycles. The maximum absolute atomic E-state index is 13.4. The first-order valence-electron chi connectivity index (χ1n) is 10.9. The molecule has 2 atom stereocenters. The van der Waals surface area contributed by atoms with Crippen molar-refractivity contribution in [3.8, 4) is 11.5 Å². The van der Waals surface area contributed by atoms with Gasteiger partial charge >= 0.3 is 0 Å². The molecule has 2 heterocycles. The van der Waals surface area contributed by atoms with Gasteiger partial charge in [-0.1, -0.05) is 51.0 Å². The van der Waals surface area contributed by atoms with Gasteiger partial charge in [0.2, 0.25) is 0 Å². The molecule has 0 bridgehead atoms. The molecule has 2 aromatic carbocycles. The van der Waals surface area contributed by atoms with Crippen LogP contribution in [0.2, 0.25) is 0 Å². The predicted molar refractivity (Wildman–Crippen MR) is 119 cm³/mol. The van der Waals surface area contributed by atoms with Crippen molar-refractivity contribution in [3.05, 3.63) is 58.7 Å². The van der Waals surface area contributed by atoms with Gasteiger partial charge < -0.3 is 14.4 Å². The first-order valence-corrected chi connectivity index (χ1v) is 10.9. The third kappa shape index (κ3) is 4.07. The summed E-state index contributed by atoms with van der Waals surface area (Å²) in [4.78, 5) is 20.0. The molecule has 0 radical (unpaired) electrons. The molecular formula is C25H30N2O3. The fourth-order valence-electron chi connectivity index (χ4n) is 4.32. The van der Waals surface area contributed by atoms with Crippen LogP contribution < -0.4 is 9.47 Å². The van der Waals surface area contributed by atoms with Crippen molar-refractivity contribution < 1.29 is 14.3 Å². The molecule has 0 N–H and O–H groups in total. The fourth-order valence-corrected chi connectivity index (χ4v) is 4.32. The summed E-state index contributed by atoms with van der Waals surface area (Å²) in [5.41, 5.74) is 3.85. The third-order valence-electron chi connectivity index (χ3n) is 6.08. The van der Waals surface area contributed by atoms with E-state index in [9.17, 15) is 4.79 Å². The molecule has 4 rings (SSSR count). The minimum Gasteiger partial charge on any atom is -0.493 e. The van der Waals surface area contributed by atoms with Crippen LogP contribution in [0.5, 0.6) is 11.5 Å². The maximum atomic E-state index is 13.4. The summed E-state index contributed by atoms with van der Waals surface area (Å²) in [5.74, 6) is 1.88. The lowest BCUT2D eigenvalue weighted by atomic mass is 9.97. The van der Waals surface area contributed by atoms with Crippen LogP contribution in [0.15, 0.2) is 41.4 Å². The summed E-state index contributed by atoms with van der Waals surface area (Å²) in [6.45, 7) is 5.66. The van der Waals surface area contributed by atoms with Crippen molar-refractivity contribution in [1.82, 2.24) is 4.90 Å². The molecule has 2 aliphatic rings. The van der Waals surface area contributed by atoms with Gasteiger partial charge in [0.1, 0.15) is 6.17 Å². The average molecular weight is 407 g/mol. The van der Waals surface area contributed by atoms with Crippen molar-refractivity contribution in [2.75, 3.05) is 13.7 Å². The van der Waals surface area contributed by atoms with E-state index in [1.54, 1.807) is 13.2 Å². The normalized spacial score (nSPS) is 18.2. The van der Waals surface area contributed by atoms with Gasteiger partial charge in [-0.2, -0.15) is 0 Å². The van der Waals surface area contributed by atoms with Crippen LogP contribution in [0.4, 0.5) is 0 Å². The second-order valence-corrected chi connectivity index (χ2v) is 8.29. The highest BCUT2D eigenvalue weighted by Crippen LogP contribution is 2.34. The van der Waals surface area contributed by atoms with Crippen molar-refractivity contribution in [3.63, 3.8) is 0 Å². The number of fused-ring (bicyclic) bond motifs is 3. The number of hydrogen-bond donors (Lipinski definition) is 0. The standard InChI is InChI=1S/C25H30N2O3/c1-4-7-17(2)10-11-30-23-12-20-15-26-24-13-18-8-5-6-9-19(18)16-27(24)25(28)21(20)14-22(23)29-3/h5-6,8-9,12,14-15,17,24H,4,7,10-11,13,16H2,1-3H3/t17?,24-/m0/s1. The Morgan fingerprint density at radius 2 is 1.97 bits per heavy atom. The van der Waals surface area contributed by atoms with Gasteiger partial charge in [0, 0.05) is 24.7 Å². The lowest BCUT2D eigenvalue weighted by molar-refractivity contribution is 0.0652. The van der Waals surface area contributed by atoms with E-state index in [0.29, 0.717) is 36.1 Å². The van der Waals surface area contributed by atoms with E-state index in [4.69, 9.17) is 14.5 Å². The zero-order valence-electron chi connectivity index (χ0n) is 18.1. The molecule has 0 spiro atoms. The van der Waals surface area contributed by atoms with E-state index >= 15 is 0 Å². The molecule has 2 aromatic rings. The van der Waals surface area contributed by atoms with E-state index in [1.807, 2.05) is 29.3 Å². The number of carbonyl (C=O) groups is 1. The van der Waals surface area contributed by atoms with Crippen LogP contribution in [0, 0.1) is 5.92 Å². The molecular weight excluding hydrogens is 376 g/mol. The van der Waals surface area contributed by atoms with Crippen molar-refractivity contribution in [2.45, 2.75) is 52.2 Å². The average Bonchev–Trinajstić information content (AvgIpc) is 2.88. The van der Waals surface area contributed by atoms with Gasteiger partial charge in [0.05, 0.1) is 19.3 Å². The van der Waals surface area contributed by atoms with Crippen LogP contribution in [0.1, 0.15) is 60.2 Å². The third-order valence-corrected chi connectivity index (χ3v) is 6.08. The number of aliphatic imine (C=N–C) groups is 1. The van der Waals surface area contributed by atoms with Crippen LogP contribution in [-0.2, 0) is 13.0 Å². The van der Waals surface area contributed by atoms with Gasteiger partial charge in [-0.05, 0) is 35.6 Å². The summed E-state index contributed by atoms with van der Waals surface area (Å²) in [6, 6.07) is 12.0. The molecule has 1 unspecified atom stereocenters. The summed E-state index contributed by atoms with van der Waals surface area (Å²) in [7, 11) is 1.61. The van der Waals surface area contributed by atoms with Gasteiger partial charge in [0.15, 0.2) is 11.5 Å². The molecule has 5 nitrogen and oxygen atoms in total. The van der Waals surface area contributed by atoms with Crippen LogP contribution in [0.3, 0.4) is 0 Å². The Kier molecular flexibility index (Phi) is 6.07. The first kappa shape index (κ1) is 20.5. The number of nitrogens with zero attached hydrogens (tertiary/aromatic N) is 2. The molecule has 0 fully saturated rings. The van der Waals surface area contributed by atoms with Gasteiger partial charge in [0.25, 0.3) is 5.91 Å². The number of benzene rings is 2. The lowest BCUT2D eigenvalue weighted by Gasteiger charge is -2.33. The number of hydrogen-bond acceptors (Lipinski definition) is 4. The smallest absolute Gasteiger partial charge is 0.256 e. The van der Waals surface area contributed by atoms with Crippen molar-refractivity contribution >= 4 is 12.1 Å². The van der Waals surface area contributed by atoms with E-state index in [0.717, 1.165) is 18.4 Å². The number of ether oxygens (including phenoxy) is 2. The molecule has 0 aliphatic carbocycles. The van der Waals surface area contributed by atoms with Crippen LogP contribution in [0.25, 0.3) is 0 Å².